The Bertz CT molecular complexity index is 399. The molecule has 0 spiro atoms. The average molecular weight is 256 g/mol. The number of amides is 4. The Hall–Kier alpha value is -1.83. The van der Waals surface area contributed by atoms with E-state index in [4.69, 9.17) is 0 Å². The van der Waals surface area contributed by atoms with Crippen LogP contribution >= 0.6 is 0 Å². The van der Waals surface area contributed by atoms with Crippen molar-refractivity contribution >= 4 is 17.8 Å². The summed E-state index contributed by atoms with van der Waals surface area (Å²) in [6.45, 7) is 1.67. The Balaban J connectivity index is 2.04. The maximum Gasteiger partial charge on any atom is 0.344 e. The summed E-state index contributed by atoms with van der Waals surface area (Å²) in [7, 11) is 1.44. The molecule has 0 aromatic rings. The van der Waals surface area contributed by atoms with E-state index in [0.717, 1.165) is 5.01 Å². The SMILES string of the molecule is CC(=O)N(C)NC(=O)C1CCC2CN1C(=O)N2O. The molecule has 2 rings (SSSR count). The molecule has 0 aliphatic carbocycles. The third-order valence-corrected chi connectivity index (χ3v) is 3.40. The smallest absolute Gasteiger partial charge is 0.309 e. The number of hydrogen-bond acceptors (Lipinski definition) is 4. The van der Waals surface area contributed by atoms with Crippen molar-refractivity contribution in [2.45, 2.75) is 31.8 Å². The summed E-state index contributed by atoms with van der Waals surface area (Å²) in [5.41, 5.74) is 2.42. The second-order valence-electron chi connectivity index (χ2n) is 4.58. The number of hydrazine groups is 1. The molecular formula is C10H16N4O4. The highest BCUT2D eigenvalue weighted by Gasteiger charge is 2.46. The molecule has 2 bridgehead atoms. The van der Waals surface area contributed by atoms with Gasteiger partial charge in [0.1, 0.15) is 6.04 Å². The Morgan fingerprint density at radius 2 is 2.11 bits per heavy atom. The largest absolute Gasteiger partial charge is 0.344 e. The second kappa shape index (κ2) is 4.45. The van der Waals surface area contributed by atoms with Crippen LogP contribution in [0.2, 0.25) is 0 Å². The van der Waals surface area contributed by atoms with E-state index in [1.54, 1.807) is 0 Å². The minimum atomic E-state index is -0.632. The van der Waals surface area contributed by atoms with Crippen LogP contribution in [0.25, 0.3) is 0 Å². The summed E-state index contributed by atoms with van der Waals surface area (Å²) in [4.78, 5) is 36.0. The van der Waals surface area contributed by atoms with Gasteiger partial charge >= 0.3 is 6.03 Å². The first kappa shape index (κ1) is 12.6. The zero-order chi connectivity index (χ0) is 13.4. The number of nitrogens with one attached hydrogen (secondary N) is 1. The van der Waals surface area contributed by atoms with E-state index in [9.17, 15) is 19.6 Å². The Morgan fingerprint density at radius 3 is 2.72 bits per heavy atom. The van der Waals surface area contributed by atoms with Gasteiger partial charge in [-0.15, -0.1) is 0 Å². The van der Waals surface area contributed by atoms with E-state index in [-0.39, 0.29) is 11.9 Å². The number of rotatable bonds is 1. The van der Waals surface area contributed by atoms with Crippen LogP contribution in [0.1, 0.15) is 19.8 Å². The first-order valence-electron chi connectivity index (χ1n) is 5.75. The van der Waals surface area contributed by atoms with Crippen molar-refractivity contribution < 1.29 is 19.6 Å². The lowest BCUT2D eigenvalue weighted by Crippen LogP contribution is -2.54. The molecule has 2 aliphatic heterocycles. The van der Waals surface area contributed by atoms with Gasteiger partial charge in [-0.25, -0.2) is 9.86 Å². The zero-order valence-corrected chi connectivity index (χ0v) is 10.3. The summed E-state index contributed by atoms with van der Waals surface area (Å²) in [5.74, 6) is -0.705. The summed E-state index contributed by atoms with van der Waals surface area (Å²) in [6.07, 6.45) is 1.05. The molecule has 2 unspecified atom stereocenters. The molecule has 18 heavy (non-hydrogen) atoms. The molecule has 8 heteroatoms. The number of hydrogen-bond donors (Lipinski definition) is 2. The van der Waals surface area contributed by atoms with Crippen molar-refractivity contribution in [2.75, 3.05) is 13.6 Å². The molecule has 100 valence electrons. The van der Waals surface area contributed by atoms with Crippen LogP contribution in [0.5, 0.6) is 0 Å². The van der Waals surface area contributed by atoms with E-state index < -0.39 is 18.0 Å². The molecule has 2 heterocycles. The molecule has 4 amide bonds. The Morgan fingerprint density at radius 1 is 1.44 bits per heavy atom. The van der Waals surface area contributed by atoms with E-state index in [1.807, 2.05) is 0 Å². The summed E-state index contributed by atoms with van der Waals surface area (Å²) in [5, 5.41) is 11.2. The van der Waals surface area contributed by atoms with Gasteiger partial charge in [-0.2, -0.15) is 0 Å². The van der Waals surface area contributed by atoms with Crippen LogP contribution in [0.3, 0.4) is 0 Å². The summed E-state index contributed by atoms with van der Waals surface area (Å²) < 4.78 is 0. The zero-order valence-electron chi connectivity index (χ0n) is 10.3. The van der Waals surface area contributed by atoms with Gasteiger partial charge in [0.15, 0.2) is 0 Å². The van der Waals surface area contributed by atoms with Crippen LogP contribution in [-0.4, -0.2) is 63.7 Å². The molecule has 2 saturated heterocycles. The number of urea groups is 1. The highest BCUT2D eigenvalue weighted by molar-refractivity contribution is 5.89. The van der Waals surface area contributed by atoms with Gasteiger partial charge < -0.3 is 4.90 Å². The highest BCUT2D eigenvalue weighted by atomic mass is 16.5. The molecule has 0 aromatic carbocycles. The normalized spacial score (nSPS) is 26.3. The first-order valence-corrected chi connectivity index (χ1v) is 5.75. The van der Waals surface area contributed by atoms with Crippen LogP contribution in [0, 0.1) is 0 Å². The predicted octanol–water partition coefficient (Wildman–Crippen LogP) is -0.846. The van der Waals surface area contributed by atoms with Gasteiger partial charge in [-0.1, -0.05) is 0 Å². The number of fused-ring (bicyclic) bond motifs is 2. The van der Waals surface area contributed by atoms with Crippen LogP contribution < -0.4 is 5.43 Å². The average Bonchev–Trinajstić information content (AvgIpc) is 2.54. The van der Waals surface area contributed by atoms with E-state index in [2.05, 4.69) is 5.43 Å². The van der Waals surface area contributed by atoms with Crippen molar-refractivity contribution in [2.24, 2.45) is 0 Å². The topological polar surface area (TPSA) is 93.2 Å². The van der Waals surface area contributed by atoms with Crippen LogP contribution in [0.4, 0.5) is 4.79 Å². The van der Waals surface area contributed by atoms with Gasteiger partial charge in [0.25, 0.3) is 5.91 Å². The molecular weight excluding hydrogens is 240 g/mol. The fraction of sp³-hybridized carbons (Fsp3) is 0.700. The van der Waals surface area contributed by atoms with Gasteiger partial charge in [-0.3, -0.25) is 25.2 Å². The maximum absolute atomic E-state index is 12.0. The molecule has 0 saturated carbocycles. The quantitative estimate of drug-likeness (QED) is 0.472. The first-order chi connectivity index (χ1) is 8.41. The molecule has 2 N–H and O–H groups in total. The molecule has 2 fully saturated rings. The fourth-order valence-electron chi connectivity index (χ4n) is 2.24. The minimum absolute atomic E-state index is 0.230. The van der Waals surface area contributed by atoms with Gasteiger partial charge in [0.2, 0.25) is 5.91 Å². The Labute approximate surface area is 104 Å². The van der Waals surface area contributed by atoms with Crippen LogP contribution in [0.15, 0.2) is 0 Å². The molecule has 0 aromatic heterocycles. The number of carbonyl (C=O) groups is 3. The van der Waals surface area contributed by atoms with Crippen LogP contribution in [-0.2, 0) is 9.59 Å². The number of carbonyl (C=O) groups excluding carboxylic acids is 3. The molecule has 8 nitrogen and oxygen atoms in total. The summed E-state index contributed by atoms with van der Waals surface area (Å²) >= 11 is 0. The fourth-order valence-corrected chi connectivity index (χ4v) is 2.24. The molecule has 0 radical (unpaired) electrons. The maximum atomic E-state index is 12.0. The number of hydroxylamine groups is 2. The highest BCUT2D eigenvalue weighted by Crippen LogP contribution is 2.28. The third-order valence-electron chi connectivity index (χ3n) is 3.40. The van der Waals surface area contributed by atoms with Gasteiger partial charge in [0, 0.05) is 20.5 Å². The molecule has 2 atom stereocenters. The molecule has 2 aliphatic rings. The lowest BCUT2D eigenvalue weighted by Gasteiger charge is -2.30. The number of piperidine rings is 1. The van der Waals surface area contributed by atoms with Crippen molar-refractivity contribution in [3.63, 3.8) is 0 Å². The van der Waals surface area contributed by atoms with Crippen molar-refractivity contribution in [1.82, 2.24) is 20.4 Å². The third kappa shape index (κ3) is 1.99. The minimum Gasteiger partial charge on any atom is -0.309 e. The number of nitrogens with zero attached hydrogens (tertiary/aromatic N) is 3. The van der Waals surface area contributed by atoms with Gasteiger partial charge in [0.05, 0.1) is 6.04 Å². The van der Waals surface area contributed by atoms with E-state index in [1.165, 1.54) is 18.9 Å². The van der Waals surface area contributed by atoms with Crippen molar-refractivity contribution in [1.29, 1.82) is 0 Å². The van der Waals surface area contributed by atoms with Crippen molar-refractivity contribution in [3.05, 3.63) is 0 Å². The van der Waals surface area contributed by atoms with Gasteiger partial charge in [-0.05, 0) is 12.8 Å². The second-order valence-corrected chi connectivity index (χ2v) is 4.58. The lowest BCUT2D eigenvalue weighted by molar-refractivity contribution is -0.140. The summed E-state index contributed by atoms with van der Waals surface area (Å²) in [6, 6.07) is -1.41. The lowest BCUT2D eigenvalue weighted by atomic mass is 10.0. The standard InChI is InChI=1S/C10H16N4O4/c1-6(15)12(2)11-9(16)8-4-3-7-5-13(8)10(17)14(7)18/h7-8,18H,3-5H2,1-2H3,(H,11,16). The monoisotopic (exact) mass is 256 g/mol. The Kier molecular flexibility index (Phi) is 3.12. The van der Waals surface area contributed by atoms with E-state index in [0.29, 0.717) is 24.4 Å². The predicted molar refractivity (Wildman–Crippen MR) is 59.1 cm³/mol. The van der Waals surface area contributed by atoms with Crippen molar-refractivity contribution in [3.8, 4) is 0 Å². The van der Waals surface area contributed by atoms with E-state index >= 15 is 0 Å².